The third kappa shape index (κ3) is 2.74. The van der Waals surface area contributed by atoms with Crippen LogP contribution in [-0.4, -0.2) is 10.3 Å². The average Bonchev–Trinajstić information content (AvgIpc) is 2.44. The Bertz CT molecular complexity index is 630. The van der Waals surface area contributed by atoms with Crippen LogP contribution in [0.15, 0.2) is 24.3 Å². The summed E-state index contributed by atoms with van der Waals surface area (Å²) in [5.41, 5.74) is 0.615. The van der Waals surface area contributed by atoms with Crippen molar-refractivity contribution < 1.29 is 9.53 Å². The smallest absolute Gasteiger partial charge is 0.312 e. The van der Waals surface area contributed by atoms with Crippen molar-refractivity contribution in [2.75, 3.05) is 0 Å². The Morgan fingerprint density at radius 2 is 1.91 bits per heavy atom. The largest absolute Gasteiger partial charge is 0.457 e. The van der Waals surface area contributed by atoms with E-state index < -0.39 is 0 Å². The van der Waals surface area contributed by atoms with Gasteiger partial charge in [0.25, 0.3) is 0 Å². The SMILES string of the molecule is C[C@@H](OC(=O)C12C[C@@H]3C[C@@H](CC(Br)(C3)C1)C2)c1ccccc1Cl. The van der Waals surface area contributed by atoms with Gasteiger partial charge < -0.3 is 4.74 Å². The van der Waals surface area contributed by atoms with Crippen LogP contribution in [0.25, 0.3) is 0 Å². The maximum Gasteiger partial charge on any atom is 0.312 e. The molecule has 0 aliphatic heterocycles. The number of halogens is 2. The summed E-state index contributed by atoms with van der Waals surface area (Å²) in [4.78, 5) is 13.0. The van der Waals surface area contributed by atoms with Crippen molar-refractivity contribution in [1.29, 1.82) is 0 Å². The zero-order valence-electron chi connectivity index (χ0n) is 13.4. The molecule has 2 nitrogen and oxygen atoms in total. The molecule has 2 unspecified atom stereocenters. The molecular formula is C19H22BrClO2. The Morgan fingerprint density at radius 1 is 1.26 bits per heavy atom. The highest BCUT2D eigenvalue weighted by Gasteiger charge is 2.60. The van der Waals surface area contributed by atoms with Gasteiger partial charge in [-0.25, -0.2) is 0 Å². The highest BCUT2D eigenvalue weighted by atomic mass is 79.9. The molecule has 0 heterocycles. The molecule has 0 N–H and O–H groups in total. The average molecular weight is 398 g/mol. The number of rotatable bonds is 3. The van der Waals surface area contributed by atoms with Crippen LogP contribution < -0.4 is 0 Å². The van der Waals surface area contributed by atoms with Gasteiger partial charge in [-0.3, -0.25) is 4.79 Å². The molecule has 1 aromatic carbocycles. The molecule has 4 bridgehead atoms. The van der Waals surface area contributed by atoms with Gasteiger partial charge in [-0.05, 0) is 63.4 Å². The van der Waals surface area contributed by atoms with Gasteiger partial charge in [-0.2, -0.15) is 0 Å². The number of esters is 1. The number of benzene rings is 1. The van der Waals surface area contributed by atoms with E-state index >= 15 is 0 Å². The van der Waals surface area contributed by atoms with Gasteiger partial charge in [0.05, 0.1) is 5.41 Å². The van der Waals surface area contributed by atoms with Crippen molar-refractivity contribution in [3.8, 4) is 0 Å². The molecular weight excluding hydrogens is 376 g/mol. The summed E-state index contributed by atoms with van der Waals surface area (Å²) in [6, 6.07) is 7.61. The third-order valence-electron chi connectivity index (χ3n) is 6.05. The van der Waals surface area contributed by atoms with Crippen molar-refractivity contribution >= 4 is 33.5 Å². The first-order chi connectivity index (χ1) is 10.9. The van der Waals surface area contributed by atoms with Crippen LogP contribution in [0.5, 0.6) is 0 Å². The van der Waals surface area contributed by atoms with Crippen LogP contribution >= 0.6 is 27.5 Å². The van der Waals surface area contributed by atoms with Crippen LogP contribution in [0.2, 0.25) is 5.02 Å². The molecule has 5 rings (SSSR count). The summed E-state index contributed by atoms with van der Waals surface area (Å²) in [6.07, 6.45) is 6.38. The topological polar surface area (TPSA) is 26.3 Å². The standard InChI is InChI=1S/C19H22BrClO2/c1-12(15-4-2-3-5-16(15)21)23-17(22)18-7-13-6-14(8-18)10-19(20,9-13)11-18/h2-5,12-14H,6-11H2,1H3/t12-,13-,14+,18?,19?/m1/s1. The molecule has 1 aromatic rings. The quantitative estimate of drug-likeness (QED) is 0.484. The van der Waals surface area contributed by atoms with Crippen LogP contribution in [0.4, 0.5) is 0 Å². The van der Waals surface area contributed by atoms with E-state index in [-0.39, 0.29) is 21.8 Å². The van der Waals surface area contributed by atoms with Gasteiger partial charge in [0.1, 0.15) is 6.10 Å². The van der Waals surface area contributed by atoms with Gasteiger partial charge in [0.2, 0.25) is 0 Å². The van der Waals surface area contributed by atoms with Gasteiger partial charge in [0, 0.05) is 14.9 Å². The Hall–Kier alpha value is -0.540. The van der Waals surface area contributed by atoms with Gasteiger partial charge in [0.15, 0.2) is 0 Å². The van der Waals surface area contributed by atoms with Crippen LogP contribution in [-0.2, 0) is 9.53 Å². The summed E-state index contributed by atoms with van der Waals surface area (Å²) >= 11 is 10.2. The molecule has 4 heteroatoms. The Balaban J connectivity index is 1.54. The molecule has 0 saturated heterocycles. The van der Waals surface area contributed by atoms with Crippen LogP contribution in [0.1, 0.15) is 57.1 Å². The summed E-state index contributed by atoms with van der Waals surface area (Å²) in [6.45, 7) is 1.92. The third-order valence-corrected chi connectivity index (χ3v) is 7.32. The van der Waals surface area contributed by atoms with E-state index in [9.17, 15) is 4.79 Å². The lowest BCUT2D eigenvalue weighted by Crippen LogP contribution is -2.56. The summed E-state index contributed by atoms with van der Waals surface area (Å²) < 4.78 is 6.07. The highest BCUT2D eigenvalue weighted by Crippen LogP contribution is 2.64. The van der Waals surface area contributed by atoms with E-state index in [1.54, 1.807) is 0 Å². The van der Waals surface area contributed by atoms with Crippen molar-refractivity contribution in [3.63, 3.8) is 0 Å². The van der Waals surface area contributed by atoms with Crippen molar-refractivity contribution in [2.45, 2.75) is 55.9 Å². The first-order valence-electron chi connectivity index (χ1n) is 8.54. The molecule has 5 atom stereocenters. The second kappa shape index (κ2) is 5.49. The molecule has 4 fully saturated rings. The Kier molecular flexibility index (Phi) is 3.81. The minimum absolute atomic E-state index is 0.0113. The minimum Gasteiger partial charge on any atom is -0.457 e. The fourth-order valence-corrected chi connectivity index (χ4v) is 7.29. The number of carbonyl (C=O) groups is 1. The van der Waals surface area contributed by atoms with Gasteiger partial charge >= 0.3 is 5.97 Å². The van der Waals surface area contributed by atoms with E-state index in [0.717, 1.165) is 24.8 Å². The maximum absolute atomic E-state index is 13.0. The second-order valence-electron chi connectivity index (χ2n) is 7.96. The fourth-order valence-electron chi connectivity index (χ4n) is 5.54. The zero-order chi connectivity index (χ0) is 16.2. The van der Waals surface area contributed by atoms with E-state index in [0.29, 0.717) is 16.9 Å². The Morgan fingerprint density at radius 3 is 2.52 bits per heavy atom. The van der Waals surface area contributed by atoms with E-state index in [4.69, 9.17) is 16.3 Å². The number of hydrogen-bond donors (Lipinski definition) is 0. The predicted octanol–water partition coefficient (Wildman–Crippen LogP) is 5.68. The van der Waals surface area contributed by atoms with Crippen LogP contribution in [0, 0.1) is 17.3 Å². The second-order valence-corrected chi connectivity index (χ2v) is 10.1. The predicted molar refractivity (Wildman–Crippen MR) is 94.7 cm³/mol. The zero-order valence-corrected chi connectivity index (χ0v) is 15.7. The van der Waals surface area contributed by atoms with E-state index in [1.165, 1.54) is 19.3 Å². The van der Waals surface area contributed by atoms with Gasteiger partial charge in [-0.1, -0.05) is 45.7 Å². The first kappa shape index (κ1) is 16.0. The van der Waals surface area contributed by atoms with Crippen molar-refractivity contribution in [2.24, 2.45) is 17.3 Å². The highest BCUT2D eigenvalue weighted by molar-refractivity contribution is 9.10. The molecule has 0 aromatic heterocycles. The molecule has 0 spiro atoms. The van der Waals surface area contributed by atoms with E-state index in [1.807, 2.05) is 31.2 Å². The number of ether oxygens (including phenoxy) is 1. The normalized spacial score (nSPS) is 39.3. The van der Waals surface area contributed by atoms with Crippen molar-refractivity contribution in [3.05, 3.63) is 34.9 Å². The lowest BCUT2D eigenvalue weighted by molar-refractivity contribution is -0.174. The number of alkyl halides is 1. The first-order valence-corrected chi connectivity index (χ1v) is 9.71. The maximum atomic E-state index is 13.0. The van der Waals surface area contributed by atoms with Crippen LogP contribution in [0.3, 0.4) is 0 Å². The van der Waals surface area contributed by atoms with E-state index in [2.05, 4.69) is 15.9 Å². The number of hydrogen-bond acceptors (Lipinski definition) is 2. The monoisotopic (exact) mass is 396 g/mol. The lowest BCUT2D eigenvalue weighted by Gasteiger charge is -2.59. The molecule has 4 saturated carbocycles. The minimum atomic E-state index is -0.296. The molecule has 0 radical (unpaired) electrons. The molecule has 4 aliphatic carbocycles. The summed E-state index contributed by atoms with van der Waals surface area (Å²) in [7, 11) is 0. The lowest BCUT2D eigenvalue weighted by atomic mass is 9.49. The van der Waals surface area contributed by atoms with Crippen molar-refractivity contribution in [1.82, 2.24) is 0 Å². The molecule has 23 heavy (non-hydrogen) atoms. The number of carbonyl (C=O) groups excluding carboxylic acids is 1. The molecule has 4 aliphatic rings. The fraction of sp³-hybridized carbons (Fsp3) is 0.632. The Labute approximate surface area is 151 Å². The summed E-state index contributed by atoms with van der Waals surface area (Å²) in [5.74, 6) is 1.35. The molecule has 0 amide bonds. The molecule has 124 valence electrons. The summed E-state index contributed by atoms with van der Waals surface area (Å²) in [5, 5.41) is 0.662. The van der Waals surface area contributed by atoms with Gasteiger partial charge in [-0.15, -0.1) is 0 Å².